The maximum atomic E-state index is 13.0. The fraction of sp³-hybridized carbons (Fsp3) is 0.500. The minimum Gasteiger partial charge on any atom is -0.417 e. The third kappa shape index (κ3) is 7.15. The van der Waals surface area contributed by atoms with Crippen molar-refractivity contribution >= 4 is 52.5 Å². The van der Waals surface area contributed by atoms with Crippen LogP contribution >= 0.6 is 23.2 Å². The molecular formula is C26H30Cl2F3N11O3. The number of carbonyl (C=O) groups is 2. The zero-order valence-corrected chi connectivity index (χ0v) is 25.5. The maximum absolute atomic E-state index is 13.0. The molecule has 0 aliphatic carbocycles. The number of anilines is 3. The molecule has 3 aromatic heterocycles. The van der Waals surface area contributed by atoms with Gasteiger partial charge in [0.2, 0.25) is 5.89 Å². The van der Waals surface area contributed by atoms with Gasteiger partial charge in [0.15, 0.2) is 22.5 Å². The minimum absolute atomic E-state index is 0.0345. The largest absolute Gasteiger partial charge is 0.471 e. The zero-order chi connectivity index (χ0) is 32.5. The summed E-state index contributed by atoms with van der Waals surface area (Å²) < 4.78 is 42.6. The van der Waals surface area contributed by atoms with E-state index in [0.29, 0.717) is 37.6 Å². The summed E-state index contributed by atoms with van der Waals surface area (Å²) in [7, 11) is 0. The summed E-state index contributed by atoms with van der Waals surface area (Å²) in [6, 6.07) is 3.60. The Labute approximate surface area is 265 Å². The lowest BCUT2D eigenvalue weighted by Gasteiger charge is -2.47. The van der Waals surface area contributed by atoms with Crippen LogP contribution in [-0.2, 0) is 11.3 Å². The number of nitrogens with zero attached hydrogens (tertiary/aromatic N) is 8. The highest BCUT2D eigenvalue weighted by Gasteiger charge is 2.39. The Balaban J connectivity index is 1.20. The number of pyridine rings is 1. The number of rotatable bonds is 7. The van der Waals surface area contributed by atoms with Crippen molar-refractivity contribution in [3.63, 3.8) is 0 Å². The van der Waals surface area contributed by atoms with Gasteiger partial charge in [-0.3, -0.25) is 14.5 Å². The molecule has 242 valence electrons. The quantitative estimate of drug-likeness (QED) is 0.312. The first-order valence-corrected chi connectivity index (χ1v) is 14.8. The number of aromatic nitrogens is 5. The molecule has 2 saturated heterocycles. The van der Waals surface area contributed by atoms with E-state index >= 15 is 0 Å². The molecule has 45 heavy (non-hydrogen) atoms. The highest BCUT2D eigenvalue weighted by Crippen LogP contribution is 2.32. The average molecular weight is 672 g/mol. The normalized spacial score (nSPS) is 18.3. The smallest absolute Gasteiger partial charge is 0.417 e. The second-order valence-corrected chi connectivity index (χ2v) is 11.3. The molecule has 0 saturated carbocycles. The fourth-order valence-corrected chi connectivity index (χ4v) is 5.96. The topological polar surface area (TPSA) is 186 Å². The van der Waals surface area contributed by atoms with E-state index < -0.39 is 18.6 Å². The lowest BCUT2D eigenvalue weighted by Crippen LogP contribution is -2.58. The molecule has 0 spiro atoms. The third-order valence-corrected chi connectivity index (χ3v) is 8.30. The van der Waals surface area contributed by atoms with E-state index in [9.17, 15) is 22.8 Å². The number of piperidine rings is 1. The van der Waals surface area contributed by atoms with Crippen LogP contribution in [-0.4, -0.2) is 97.7 Å². The SMILES string of the molecule is CC[C@H]1CN(c2nc(N)c(-c3nnc(CNC(=O)C(F)(F)F)o3)nc2Cl)CCN1C1CCN(C(=O)c2ccc(Cl)nc2N)CC1. The van der Waals surface area contributed by atoms with Crippen LogP contribution in [0.25, 0.3) is 11.6 Å². The summed E-state index contributed by atoms with van der Waals surface area (Å²) in [5.74, 6) is -2.36. The van der Waals surface area contributed by atoms with Crippen molar-refractivity contribution in [1.82, 2.24) is 40.3 Å². The van der Waals surface area contributed by atoms with Crippen molar-refractivity contribution < 1.29 is 27.2 Å². The Morgan fingerprint density at radius 3 is 2.44 bits per heavy atom. The standard InChI is InChI=1S/C26H30Cl2F3N11O3/c1-2-13-12-41(9-10-42(13)14-5-7-40(8-6-14)24(43)15-3-4-16(27)35-20(15)32)22-19(28)36-18(21(33)37-22)23-39-38-17(45-23)11-34-25(44)26(29,30)31/h3-4,13-14H,2,5-12H2,1H3,(H2,32,35)(H2,33,37)(H,34,44)/t13-/m0/s1. The summed E-state index contributed by atoms with van der Waals surface area (Å²) in [6.07, 6.45) is -2.58. The molecule has 1 atom stereocenters. The lowest BCUT2D eigenvalue weighted by molar-refractivity contribution is -0.173. The molecule has 2 aliphatic rings. The number of alkyl halides is 3. The number of carbonyl (C=O) groups excluding carboxylic acids is 2. The van der Waals surface area contributed by atoms with Gasteiger partial charge in [0.1, 0.15) is 11.0 Å². The van der Waals surface area contributed by atoms with Crippen molar-refractivity contribution in [2.45, 2.75) is 51.0 Å². The number of nitrogen functional groups attached to an aromatic ring is 2. The first-order valence-electron chi connectivity index (χ1n) is 14.1. The number of nitrogens with two attached hydrogens (primary N) is 2. The van der Waals surface area contributed by atoms with Crippen molar-refractivity contribution in [2.24, 2.45) is 0 Å². The molecule has 19 heteroatoms. The molecule has 5 N–H and O–H groups in total. The first-order chi connectivity index (χ1) is 21.3. The minimum atomic E-state index is -5.05. The number of halogens is 5. The second kappa shape index (κ2) is 13.2. The van der Waals surface area contributed by atoms with Crippen LogP contribution in [0.2, 0.25) is 10.3 Å². The number of hydrogen-bond donors (Lipinski definition) is 3. The summed E-state index contributed by atoms with van der Waals surface area (Å²) in [6.45, 7) is 4.57. The second-order valence-electron chi connectivity index (χ2n) is 10.6. The van der Waals surface area contributed by atoms with Crippen LogP contribution in [0.5, 0.6) is 0 Å². The Bertz CT molecular complexity index is 1570. The number of hydrogen-bond acceptors (Lipinski definition) is 12. The number of piperazine rings is 1. The van der Waals surface area contributed by atoms with E-state index in [0.717, 1.165) is 25.8 Å². The zero-order valence-electron chi connectivity index (χ0n) is 24.0. The summed E-state index contributed by atoms with van der Waals surface area (Å²) in [5, 5.41) is 9.29. The van der Waals surface area contributed by atoms with E-state index in [1.165, 1.54) is 0 Å². The number of likely N-dealkylation sites (tertiary alicyclic amines) is 1. The molecule has 3 aromatic rings. The molecule has 0 aromatic carbocycles. The highest BCUT2D eigenvalue weighted by atomic mass is 35.5. The monoisotopic (exact) mass is 671 g/mol. The molecular weight excluding hydrogens is 642 g/mol. The van der Waals surface area contributed by atoms with Gasteiger partial charge in [-0.05, 0) is 31.4 Å². The highest BCUT2D eigenvalue weighted by molar-refractivity contribution is 6.32. The molecule has 14 nitrogen and oxygen atoms in total. The van der Waals surface area contributed by atoms with Crippen LogP contribution < -0.4 is 21.7 Å². The van der Waals surface area contributed by atoms with Crippen molar-refractivity contribution in [2.75, 3.05) is 49.1 Å². The number of amides is 2. The van der Waals surface area contributed by atoms with Gasteiger partial charge in [0.05, 0.1) is 12.1 Å². The van der Waals surface area contributed by atoms with Crippen LogP contribution in [0.4, 0.5) is 30.6 Å². The molecule has 5 rings (SSSR count). The Hall–Kier alpha value is -3.96. The molecule has 2 amide bonds. The molecule has 0 radical (unpaired) electrons. The third-order valence-electron chi connectivity index (χ3n) is 7.83. The van der Waals surface area contributed by atoms with Gasteiger partial charge in [0.25, 0.3) is 11.8 Å². The van der Waals surface area contributed by atoms with Crippen molar-refractivity contribution in [3.05, 3.63) is 33.9 Å². The maximum Gasteiger partial charge on any atom is 0.471 e. The average Bonchev–Trinajstić information content (AvgIpc) is 3.48. The Morgan fingerprint density at radius 2 is 1.78 bits per heavy atom. The van der Waals surface area contributed by atoms with E-state index in [-0.39, 0.29) is 57.4 Å². The van der Waals surface area contributed by atoms with Crippen LogP contribution in [0, 0.1) is 0 Å². The molecule has 0 unspecified atom stereocenters. The van der Waals surface area contributed by atoms with E-state index in [1.807, 2.05) is 4.90 Å². The Morgan fingerprint density at radius 1 is 1.04 bits per heavy atom. The van der Waals surface area contributed by atoms with Crippen LogP contribution in [0.15, 0.2) is 16.5 Å². The van der Waals surface area contributed by atoms with Crippen LogP contribution in [0.1, 0.15) is 42.4 Å². The van der Waals surface area contributed by atoms with Gasteiger partial charge < -0.3 is 31.0 Å². The van der Waals surface area contributed by atoms with E-state index in [4.69, 9.17) is 39.1 Å². The van der Waals surface area contributed by atoms with Gasteiger partial charge >= 0.3 is 12.1 Å². The number of nitrogens with one attached hydrogen (secondary N) is 1. The van der Waals surface area contributed by atoms with Gasteiger partial charge in [-0.15, -0.1) is 10.2 Å². The lowest BCUT2D eigenvalue weighted by atomic mass is 9.97. The summed E-state index contributed by atoms with van der Waals surface area (Å²) in [4.78, 5) is 43.1. The summed E-state index contributed by atoms with van der Waals surface area (Å²) in [5.41, 5.74) is 12.4. The molecule has 5 heterocycles. The first kappa shape index (κ1) is 32.4. The predicted octanol–water partition coefficient (Wildman–Crippen LogP) is 2.78. The molecule has 0 bridgehead atoms. The van der Waals surface area contributed by atoms with Crippen molar-refractivity contribution in [1.29, 1.82) is 0 Å². The van der Waals surface area contributed by atoms with E-state index in [2.05, 4.69) is 37.0 Å². The Kier molecular flexibility index (Phi) is 9.50. The van der Waals surface area contributed by atoms with Crippen LogP contribution in [0.3, 0.4) is 0 Å². The van der Waals surface area contributed by atoms with Gasteiger partial charge in [-0.2, -0.15) is 13.2 Å². The van der Waals surface area contributed by atoms with E-state index in [1.54, 1.807) is 22.3 Å². The molecule has 2 fully saturated rings. The molecule has 2 aliphatic heterocycles. The fourth-order valence-electron chi connectivity index (χ4n) is 5.56. The van der Waals surface area contributed by atoms with Gasteiger partial charge in [0, 0.05) is 44.8 Å². The summed E-state index contributed by atoms with van der Waals surface area (Å²) >= 11 is 12.4. The predicted molar refractivity (Wildman–Crippen MR) is 158 cm³/mol. The van der Waals surface area contributed by atoms with Gasteiger partial charge in [-0.25, -0.2) is 15.0 Å². The van der Waals surface area contributed by atoms with Gasteiger partial charge in [-0.1, -0.05) is 30.1 Å². The van der Waals surface area contributed by atoms with Crippen molar-refractivity contribution in [3.8, 4) is 11.6 Å².